The Kier molecular flexibility index (Phi) is 3.69. The summed E-state index contributed by atoms with van der Waals surface area (Å²) in [6.45, 7) is 0.658. The Hall–Kier alpha value is -1.88. The summed E-state index contributed by atoms with van der Waals surface area (Å²) in [6.07, 6.45) is 4.09. The largest absolute Gasteiger partial charge is 0.384 e. The van der Waals surface area contributed by atoms with E-state index in [2.05, 4.69) is 37.6 Å². The highest BCUT2D eigenvalue weighted by Crippen LogP contribution is 2.26. The first-order chi connectivity index (χ1) is 9.74. The quantitative estimate of drug-likeness (QED) is 0.889. The molecule has 3 rings (SSSR count). The van der Waals surface area contributed by atoms with E-state index in [1.165, 1.54) is 5.56 Å². The van der Waals surface area contributed by atoms with Crippen molar-refractivity contribution < 1.29 is 4.79 Å². The van der Waals surface area contributed by atoms with E-state index in [4.69, 9.17) is 0 Å². The van der Waals surface area contributed by atoms with Crippen LogP contribution in [0, 0.1) is 5.92 Å². The van der Waals surface area contributed by atoms with E-state index in [0.29, 0.717) is 6.54 Å². The third-order valence-corrected chi connectivity index (χ3v) is 4.06. The molecule has 1 unspecified atom stereocenters. The van der Waals surface area contributed by atoms with Crippen molar-refractivity contribution in [3.8, 4) is 0 Å². The number of fused-ring (bicyclic) bond motifs is 1. The van der Waals surface area contributed by atoms with Gasteiger partial charge >= 0.3 is 0 Å². The zero-order valence-corrected chi connectivity index (χ0v) is 12.4. The molecule has 0 spiro atoms. The lowest BCUT2D eigenvalue weighted by Gasteiger charge is -2.25. The molecule has 0 radical (unpaired) electrons. The van der Waals surface area contributed by atoms with Gasteiger partial charge in [-0.25, -0.2) is 0 Å². The number of nitrogens with one attached hydrogen (secondary N) is 2. The predicted octanol–water partition coefficient (Wildman–Crippen LogP) is 3.07. The zero-order valence-electron chi connectivity index (χ0n) is 10.8. The van der Waals surface area contributed by atoms with Gasteiger partial charge in [-0.15, -0.1) is 0 Å². The molecule has 1 amide bonds. The van der Waals surface area contributed by atoms with Crippen LogP contribution in [0.3, 0.4) is 0 Å². The Balaban J connectivity index is 1.72. The second kappa shape index (κ2) is 5.63. The summed E-state index contributed by atoms with van der Waals surface area (Å²) in [4.78, 5) is 16.3. The normalized spacial score (nSPS) is 16.9. The third-order valence-electron chi connectivity index (χ3n) is 3.42. The van der Waals surface area contributed by atoms with Gasteiger partial charge in [0.1, 0.15) is 0 Å². The molecule has 5 heteroatoms. The Morgan fingerprint density at radius 1 is 1.35 bits per heavy atom. The van der Waals surface area contributed by atoms with Gasteiger partial charge in [-0.1, -0.05) is 18.2 Å². The number of carbonyl (C=O) groups excluding carboxylic acids is 1. The SMILES string of the molecule is O=C(Nc1ccncc1Br)C1CNc2ccccc2C1. The minimum atomic E-state index is -0.0648. The number of amides is 1. The zero-order chi connectivity index (χ0) is 13.9. The predicted molar refractivity (Wildman–Crippen MR) is 82.7 cm³/mol. The monoisotopic (exact) mass is 331 g/mol. The van der Waals surface area contributed by atoms with Crippen LogP contribution in [0.5, 0.6) is 0 Å². The maximum Gasteiger partial charge on any atom is 0.229 e. The number of anilines is 2. The van der Waals surface area contributed by atoms with Crippen molar-refractivity contribution in [2.45, 2.75) is 6.42 Å². The Morgan fingerprint density at radius 3 is 3.05 bits per heavy atom. The van der Waals surface area contributed by atoms with Crippen LogP contribution in [0.15, 0.2) is 47.2 Å². The number of halogens is 1. The highest BCUT2D eigenvalue weighted by atomic mass is 79.9. The molecule has 2 N–H and O–H groups in total. The van der Waals surface area contributed by atoms with Gasteiger partial charge in [-0.05, 0) is 40.0 Å². The molecule has 0 bridgehead atoms. The van der Waals surface area contributed by atoms with Crippen molar-refractivity contribution in [3.63, 3.8) is 0 Å². The molecule has 2 aromatic rings. The lowest BCUT2D eigenvalue weighted by atomic mass is 9.93. The fraction of sp³-hybridized carbons (Fsp3) is 0.200. The van der Waals surface area contributed by atoms with Gasteiger partial charge in [-0.2, -0.15) is 0 Å². The summed E-state index contributed by atoms with van der Waals surface area (Å²) in [5.74, 6) is -0.0381. The number of carbonyl (C=O) groups is 1. The first-order valence-corrected chi connectivity index (χ1v) is 7.25. The lowest BCUT2D eigenvalue weighted by molar-refractivity contribution is -0.119. The number of aromatic nitrogens is 1. The molecule has 1 aliphatic heterocycles. The summed E-state index contributed by atoms with van der Waals surface area (Å²) in [7, 11) is 0. The van der Waals surface area contributed by atoms with Crippen molar-refractivity contribution in [1.82, 2.24) is 4.98 Å². The summed E-state index contributed by atoms with van der Waals surface area (Å²) in [5.41, 5.74) is 3.07. The maximum absolute atomic E-state index is 12.3. The first-order valence-electron chi connectivity index (χ1n) is 6.46. The average Bonchev–Trinajstić information content (AvgIpc) is 2.49. The molecule has 2 heterocycles. The maximum atomic E-state index is 12.3. The number of rotatable bonds is 2. The summed E-state index contributed by atoms with van der Waals surface area (Å²) >= 11 is 3.38. The number of hydrogen-bond donors (Lipinski definition) is 2. The number of para-hydroxylation sites is 1. The van der Waals surface area contributed by atoms with Gasteiger partial charge < -0.3 is 10.6 Å². The molecule has 0 saturated heterocycles. The average molecular weight is 332 g/mol. The van der Waals surface area contributed by atoms with E-state index in [1.807, 2.05) is 18.2 Å². The van der Waals surface area contributed by atoms with E-state index in [1.54, 1.807) is 18.5 Å². The van der Waals surface area contributed by atoms with E-state index < -0.39 is 0 Å². The fourth-order valence-electron chi connectivity index (χ4n) is 2.34. The van der Waals surface area contributed by atoms with E-state index in [-0.39, 0.29) is 11.8 Å². The molecule has 1 atom stereocenters. The van der Waals surface area contributed by atoms with Crippen molar-refractivity contribution in [2.24, 2.45) is 5.92 Å². The van der Waals surface area contributed by atoms with Gasteiger partial charge in [0.05, 0.1) is 16.1 Å². The molecule has 1 aromatic heterocycles. The van der Waals surface area contributed by atoms with Crippen LogP contribution in [-0.2, 0) is 11.2 Å². The number of benzene rings is 1. The molecule has 0 saturated carbocycles. The van der Waals surface area contributed by atoms with Gasteiger partial charge in [0.15, 0.2) is 0 Å². The fourth-order valence-corrected chi connectivity index (χ4v) is 2.69. The van der Waals surface area contributed by atoms with Crippen LogP contribution in [0.4, 0.5) is 11.4 Å². The van der Waals surface area contributed by atoms with Crippen LogP contribution in [-0.4, -0.2) is 17.4 Å². The summed E-state index contributed by atoms with van der Waals surface area (Å²) in [5, 5.41) is 6.25. The van der Waals surface area contributed by atoms with E-state index in [0.717, 1.165) is 22.3 Å². The van der Waals surface area contributed by atoms with E-state index in [9.17, 15) is 4.79 Å². The van der Waals surface area contributed by atoms with E-state index >= 15 is 0 Å². The topological polar surface area (TPSA) is 54.0 Å². The lowest BCUT2D eigenvalue weighted by Crippen LogP contribution is -2.33. The van der Waals surface area contributed by atoms with Crippen LogP contribution < -0.4 is 10.6 Å². The highest BCUT2D eigenvalue weighted by Gasteiger charge is 2.24. The minimum absolute atomic E-state index is 0.0268. The Bertz CT molecular complexity index is 645. The van der Waals surface area contributed by atoms with Gasteiger partial charge in [-0.3, -0.25) is 9.78 Å². The minimum Gasteiger partial charge on any atom is -0.384 e. The Labute approximate surface area is 125 Å². The van der Waals surface area contributed by atoms with Crippen molar-refractivity contribution in [2.75, 3.05) is 17.2 Å². The smallest absolute Gasteiger partial charge is 0.229 e. The molecular formula is C15H14BrN3O. The van der Waals surface area contributed by atoms with Crippen molar-refractivity contribution >= 4 is 33.2 Å². The highest BCUT2D eigenvalue weighted by molar-refractivity contribution is 9.10. The van der Waals surface area contributed by atoms with Crippen LogP contribution in [0.2, 0.25) is 0 Å². The molecule has 0 fully saturated rings. The van der Waals surface area contributed by atoms with Gasteiger partial charge in [0, 0.05) is 24.6 Å². The standard InChI is InChI=1S/C15H14BrN3O/c16-12-9-17-6-5-14(12)19-15(20)11-7-10-3-1-2-4-13(10)18-8-11/h1-6,9,11,18H,7-8H2,(H,17,19,20). The molecular weight excluding hydrogens is 318 g/mol. The van der Waals surface area contributed by atoms with Crippen molar-refractivity contribution in [3.05, 3.63) is 52.8 Å². The van der Waals surface area contributed by atoms with Crippen LogP contribution >= 0.6 is 15.9 Å². The molecule has 0 aliphatic carbocycles. The number of hydrogen-bond acceptors (Lipinski definition) is 3. The Morgan fingerprint density at radius 2 is 2.20 bits per heavy atom. The third kappa shape index (κ3) is 2.67. The molecule has 4 nitrogen and oxygen atoms in total. The van der Waals surface area contributed by atoms with Crippen LogP contribution in [0.25, 0.3) is 0 Å². The molecule has 102 valence electrons. The van der Waals surface area contributed by atoms with Gasteiger partial charge in [0.2, 0.25) is 5.91 Å². The second-order valence-corrected chi connectivity index (χ2v) is 5.64. The first kappa shape index (κ1) is 13.1. The molecule has 1 aliphatic rings. The number of nitrogens with zero attached hydrogens (tertiary/aromatic N) is 1. The molecule has 20 heavy (non-hydrogen) atoms. The molecule has 1 aromatic carbocycles. The van der Waals surface area contributed by atoms with Gasteiger partial charge in [0.25, 0.3) is 0 Å². The second-order valence-electron chi connectivity index (χ2n) is 4.78. The van der Waals surface area contributed by atoms with Crippen molar-refractivity contribution in [1.29, 1.82) is 0 Å². The number of pyridine rings is 1. The summed E-state index contributed by atoms with van der Waals surface area (Å²) < 4.78 is 0.789. The van der Waals surface area contributed by atoms with Crippen LogP contribution in [0.1, 0.15) is 5.56 Å². The summed E-state index contributed by atoms with van der Waals surface area (Å²) in [6, 6.07) is 9.89.